The summed E-state index contributed by atoms with van der Waals surface area (Å²) >= 11 is 0. The summed E-state index contributed by atoms with van der Waals surface area (Å²) in [4.78, 5) is 48.7. The normalized spacial score (nSPS) is 14.4. The van der Waals surface area contributed by atoms with Gasteiger partial charge in [0.15, 0.2) is 11.5 Å². The number of aromatic nitrogens is 2. The largest absolute Gasteiger partial charge is 0.364 e. The predicted octanol–water partition coefficient (Wildman–Crippen LogP) is -0.898. The lowest BCUT2D eigenvalue weighted by atomic mass is 9.40. The molecule has 210 valence electrons. The van der Waals surface area contributed by atoms with Gasteiger partial charge in [-0.05, 0) is 50.8 Å². The molecule has 1 aliphatic carbocycles. The number of amides is 3. The quantitative estimate of drug-likeness (QED) is 0.200. The molecule has 0 aliphatic heterocycles. The summed E-state index contributed by atoms with van der Waals surface area (Å²) in [5.41, 5.74) is 8.83. The number of carbonyl (C=O) groups excluding carboxylic acids is 3. The number of nitrogens with one attached hydrogen (secondary N) is 2. The third-order valence-corrected chi connectivity index (χ3v) is 7.00. The number of rotatable bonds is 14. The molecule has 0 unspecified atom stereocenters. The average molecular weight is 566 g/mol. The van der Waals surface area contributed by atoms with E-state index in [1.54, 1.807) is 6.92 Å². The Balaban J connectivity index is 1.55. The summed E-state index contributed by atoms with van der Waals surface area (Å²) in [6.45, 7) is 3.62. The topological polar surface area (TPSA) is 134 Å². The number of hydrogen-bond acceptors (Lipinski definition) is 7. The second-order valence-electron chi connectivity index (χ2n) is 10.8. The van der Waals surface area contributed by atoms with Gasteiger partial charge in [-0.2, -0.15) is 0 Å². The maximum Gasteiger partial charge on any atom is 0.271 e. The Kier molecular flexibility index (Phi) is 11.0. The molecule has 1 heterocycles. The lowest BCUT2D eigenvalue weighted by Gasteiger charge is -2.48. The highest BCUT2D eigenvalue weighted by molar-refractivity contribution is 6.63. The molecule has 10 nitrogen and oxygen atoms in total. The second kappa shape index (κ2) is 13.9. The van der Waals surface area contributed by atoms with Crippen LogP contribution >= 0.6 is 0 Å². The van der Waals surface area contributed by atoms with Gasteiger partial charge in [0, 0.05) is 37.8 Å². The van der Waals surface area contributed by atoms with E-state index in [2.05, 4.69) is 20.6 Å². The van der Waals surface area contributed by atoms with Crippen LogP contribution in [0.2, 0.25) is 0 Å². The molecule has 1 aliphatic rings. The van der Waals surface area contributed by atoms with Gasteiger partial charge in [-0.1, -0.05) is 28.7 Å². The monoisotopic (exact) mass is 567 g/mol. The van der Waals surface area contributed by atoms with Gasteiger partial charge in [-0.25, -0.2) is 9.97 Å². The van der Waals surface area contributed by atoms with Crippen molar-refractivity contribution < 1.29 is 14.4 Å². The molecule has 0 bridgehead atoms. The molecule has 0 spiro atoms. The van der Waals surface area contributed by atoms with Gasteiger partial charge in [0.2, 0.25) is 11.8 Å². The van der Waals surface area contributed by atoms with Crippen LogP contribution in [0.1, 0.15) is 53.1 Å². The van der Waals surface area contributed by atoms with E-state index < -0.39 is 28.3 Å². The first-order valence-corrected chi connectivity index (χ1v) is 13.7. The fourth-order valence-corrected chi connectivity index (χ4v) is 4.35. The molecule has 4 N–H and O–H groups in total. The molecule has 1 saturated carbocycles. The van der Waals surface area contributed by atoms with Crippen molar-refractivity contribution in [3.8, 4) is 0 Å². The Morgan fingerprint density at radius 1 is 1.12 bits per heavy atom. The third kappa shape index (κ3) is 9.55. The van der Waals surface area contributed by atoms with E-state index >= 15 is 0 Å². The number of benzene rings is 1. The Labute approximate surface area is 261 Å². The summed E-state index contributed by atoms with van der Waals surface area (Å²) in [6, 6.07) is 6.71. The summed E-state index contributed by atoms with van der Waals surface area (Å²) < 4.78 is 0. The molecule has 0 saturated heterocycles. The summed E-state index contributed by atoms with van der Waals surface area (Å²) in [5.74, 6) is -0.805. The van der Waals surface area contributed by atoms with Crippen LogP contribution in [0.4, 0.5) is 11.5 Å². The number of nitrogens with two attached hydrogens (primary N) is 1. The van der Waals surface area contributed by atoms with Crippen molar-refractivity contribution in [2.45, 2.75) is 55.5 Å². The number of carbonyl (C=O) groups is 3. The van der Waals surface area contributed by atoms with Crippen LogP contribution < -0.4 is 16.4 Å². The second-order valence-corrected chi connectivity index (χ2v) is 10.8. The standard InChI is InChI=1S/C27H31B6N7O3/c1-15-21(18-9-10-18)38-24(22(36-15)23(34)42)37-19-7-4-6-17(14-19)11-12-35-25(43)16(2)39(3)20(41)8-5-13-40(26(28,29)30)27(31,32)33/h4-8,14,16,18H,9-13H2,1-3H3,(H2,34,42)(H,35,43)(H,37,38)/b8-5+/t16-/m0/s1. The molecule has 1 atom stereocenters. The van der Waals surface area contributed by atoms with Crippen molar-refractivity contribution >= 4 is 76.3 Å². The fraction of sp³-hybridized carbons (Fsp3) is 0.444. The first-order chi connectivity index (χ1) is 20.0. The minimum absolute atomic E-state index is 0.0805. The van der Waals surface area contributed by atoms with Crippen LogP contribution in [0.3, 0.4) is 0 Å². The number of anilines is 2. The molecule has 12 radical (unpaired) electrons. The maximum atomic E-state index is 12.7. The van der Waals surface area contributed by atoms with Crippen LogP contribution in [-0.2, 0) is 16.0 Å². The fourth-order valence-electron chi connectivity index (χ4n) is 4.35. The molecular formula is C27H31B6N7O3. The van der Waals surface area contributed by atoms with E-state index in [0.717, 1.165) is 29.0 Å². The highest BCUT2D eigenvalue weighted by atomic mass is 16.2. The van der Waals surface area contributed by atoms with Gasteiger partial charge in [0.05, 0.1) is 58.5 Å². The first kappa shape index (κ1) is 34.1. The molecular weight excluding hydrogens is 535 g/mol. The van der Waals surface area contributed by atoms with Crippen LogP contribution in [0.15, 0.2) is 36.4 Å². The molecule has 43 heavy (non-hydrogen) atoms. The Hall–Kier alpha value is -3.40. The van der Waals surface area contributed by atoms with E-state index in [0.29, 0.717) is 36.1 Å². The zero-order valence-corrected chi connectivity index (χ0v) is 24.7. The van der Waals surface area contributed by atoms with Crippen LogP contribution in [0.5, 0.6) is 0 Å². The Bertz CT molecular complexity index is 1360. The van der Waals surface area contributed by atoms with Crippen molar-refractivity contribution in [1.82, 2.24) is 25.1 Å². The van der Waals surface area contributed by atoms with Crippen molar-refractivity contribution in [2.24, 2.45) is 5.73 Å². The molecule has 3 rings (SSSR count). The van der Waals surface area contributed by atoms with E-state index in [9.17, 15) is 14.4 Å². The summed E-state index contributed by atoms with van der Waals surface area (Å²) in [6.07, 6.45) is 5.19. The zero-order chi connectivity index (χ0) is 32.1. The highest BCUT2D eigenvalue weighted by Crippen LogP contribution is 2.41. The summed E-state index contributed by atoms with van der Waals surface area (Å²) in [5, 5.41) is 2.15. The van der Waals surface area contributed by atoms with Crippen molar-refractivity contribution in [2.75, 3.05) is 25.5 Å². The molecule has 1 fully saturated rings. The summed E-state index contributed by atoms with van der Waals surface area (Å²) in [7, 11) is 35.3. The van der Waals surface area contributed by atoms with Gasteiger partial charge >= 0.3 is 0 Å². The minimum atomic E-state index is -1.93. The smallest absolute Gasteiger partial charge is 0.271 e. The van der Waals surface area contributed by atoms with Crippen LogP contribution in [0.25, 0.3) is 0 Å². The maximum absolute atomic E-state index is 12.7. The Morgan fingerprint density at radius 2 is 1.77 bits per heavy atom. The Morgan fingerprint density at radius 3 is 2.35 bits per heavy atom. The molecule has 2 aromatic rings. The number of hydrogen-bond donors (Lipinski definition) is 3. The zero-order valence-electron chi connectivity index (χ0n) is 24.7. The SMILES string of the molecule is [B]C([B])([B])N(C/C=C/C(=O)N(C)[C@@H](C)C(=O)NCCc1cccc(Nc2nc(C3CC3)c(C)nc2C(N)=O)c1)C([B])([B])[B]. The highest BCUT2D eigenvalue weighted by Gasteiger charge is 2.30. The third-order valence-electron chi connectivity index (χ3n) is 7.00. The van der Waals surface area contributed by atoms with Gasteiger partial charge in [-0.3, -0.25) is 14.4 Å². The molecule has 16 heteroatoms. The number of primary amides is 1. The van der Waals surface area contributed by atoms with Gasteiger partial charge in [-0.15, -0.1) is 0 Å². The van der Waals surface area contributed by atoms with Crippen LogP contribution in [0, 0.1) is 6.92 Å². The average Bonchev–Trinajstić information content (AvgIpc) is 3.75. The lowest BCUT2D eigenvalue weighted by molar-refractivity contribution is -0.135. The number of nitrogens with zero attached hydrogens (tertiary/aromatic N) is 4. The van der Waals surface area contributed by atoms with Gasteiger partial charge in [0.25, 0.3) is 5.91 Å². The predicted molar refractivity (Wildman–Crippen MR) is 172 cm³/mol. The van der Waals surface area contributed by atoms with Crippen molar-refractivity contribution in [3.63, 3.8) is 0 Å². The van der Waals surface area contributed by atoms with E-state index in [-0.39, 0.29) is 18.1 Å². The van der Waals surface area contributed by atoms with Crippen LogP contribution in [-0.4, -0.2) is 121 Å². The molecule has 3 amide bonds. The first-order valence-electron chi connectivity index (χ1n) is 13.7. The molecule has 1 aromatic carbocycles. The minimum Gasteiger partial charge on any atom is -0.364 e. The van der Waals surface area contributed by atoms with Crippen molar-refractivity contribution in [1.29, 1.82) is 0 Å². The van der Waals surface area contributed by atoms with E-state index in [1.807, 2.05) is 31.2 Å². The number of likely N-dealkylation sites (N-methyl/N-ethyl adjacent to an activating group) is 1. The lowest BCUT2D eigenvalue weighted by Crippen LogP contribution is -2.63. The van der Waals surface area contributed by atoms with Gasteiger partial charge < -0.3 is 26.2 Å². The van der Waals surface area contributed by atoms with Crippen molar-refractivity contribution in [3.05, 3.63) is 59.1 Å². The van der Waals surface area contributed by atoms with Gasteiger partial charge in [0.1, 0.15) is 6.04 Å². The van der Waals surface area contributed by atoms with E-state index in [4.69, 9.17) is 52.8 Å². The van der Waals surface area contributed by atoms with E-state index in [1.165, 1.54) is 24.1 Å². The molecule has 1 aromatic heterocycles. The number of aryl methyl sites for hydroxylation is 1.